The normalized spacial score (nSPS) is 9.50. The van der Waals surface area contributed by atoms with Gasteiger partial charge >= 0.3 is 0 Å². The number of halogens is 1. The first-order valence-electron chi connectivity index (χ1n) is 2.86. The van der Waals surface area contributed by atoms with Gasteiger partial charge in [-0.25, -0.2) is 0 Å². The summed E-state index contributed by atoms with van der Waals surface area (Å²) in [6.07, 6.45) is 0. The maximum absolute atomic E-state index is 10.7. The molecule has 0 bridgehead atoms. The highest BCUT2D eigenvalue weighted by atomic mass is 127. The lowest BCUT2D eigenvalue weighted by molar-refractivity contribution is 1.22. The number of hydrogen-bond acceptors (Lipinski definition) is 2. The van der Waals surface area contributed by atoms with Crippen molar-refractivity contribution in [3.8, 4) is 0 Å². The smallest absolute Gasteiger partial charge is 0.0257 e. The molecule has 0 spiro atoms. The Kier molecular flexibility index (Phi) is 2.50. The van der Waals surface area contributed by atoms with Gasteiger partial charge in [-0.2, -0.15) is 0 Å². The Morgan fingerprint density at radius 1 is 1.30 bits per heavy atom. The monoisotopic (exact) mass is 248 g/mol. The predicted octanol–water partition coefficient (Wildman–Crippen LogP) is 2.23. The molecule has 0 saturated carbocycles. The fourth-order valence-electron chi connectivity index (χ4n) is 0.651. The SMILES string of the molecule is CN([O-])c1ccc(I)cc1. The second kappa shape index (κ2) is 3.21. The molecule has 0 radical (unpaired) electrons. The maximum Gasteiger partial charge on any atom is 0.0257 e. The molecule has 0 fully saturated rings. The van der Waals surface area contributed by atoms with Crippen molar-refractivity contribution in [1.82, 2.24) is 0 Å². The zero-order valence-electron chi connectivity index (χ0n) is 5.54. The minimum absolute atomic E-state index is 0.695. The number of benzene rings is 1. The van der Waals surface area contributed by atoms with Crippen LogP contribution in [0.3, 0.4) is 0 Å². The maximum atomic E-state index is 10.7. The summed E-state index contributed by atoms with van der Waals surface area (Å²) in [7, 11) is 1.49. The lowest BCUT2D eigenvalue weighted by atomic mass is 10.3. The van der Waals surface area contributed by atoms with Gasteiger partial charge in [-0.05, 0) is 53.9 Å². The average Bonchev–Trinajstić information content (AvgIpc) is 1.88. The van der Waals surface area contributed by atoms with Gasteiger partial charge in [-0.15, -0.1) is 0 Å². The molecular weight excluding hydrogens is 241 g/mol. The summed E-state index contributed by atoms with van der Waals surface area (Å²) in [6, 6.07) is 7.41. The topological polar surface area (TPSA) is 26.3 Å². The highest BCUT2D eigenvalue weighted by molar-refractivity contribution is 14.1. The van der Waals surface area contributed by atoms with Crippen LogP contribution in [-0.2, 0) is 0 Å². The van der Waals surface area contributed by atoms with E-state index in [2.05, 4.69) is 22.6 Å². The highest BCUT2D eigenvalue weighted by Crippen LogP contribution is 2.13. The molecule has 0 aliphatic carbocycles. The van der Waals surface area contributed by atoms with Crippen molar-refractivity contribution in [2.24, 2.45) is 0 Å². The minimum Gasteiger partial charge on any atom is -0.758 e. The molecule has 1 rings (SSSR count). The van der Waals surface area contributed by atoms with Crippen molar-refractivity contribution >= 4 is 28.3 Å². The third-order valence-corrected chi connectivity index (χ3v) is 1.91. The molecule has 1 aromatic rings. The fraction of sp³-hybridized carbons (Fsp3) is 0.143. The summed E-state index contributed by atoms with van der Waals surface area (Å²) in [5.41, 5.74) is 0.695. The van der Waals surface area contributed by atoms with Gasteiger partial charge in [0.25, 0.3) is 0 Å². The van der Waals surface area contributed by atoms with Gasteiger partial charge < -0.3 is 10.3 Å². The molecule has 2 nitrogen and oxygen atoms in total. The molecule has 0 atom stereocenters. The van der Waals surface area contributed by atoms with Gasteiger partial charge in [0.05, 0.1) is 0 Å². The van der Waals surface area contributed by atoms with Crippen LogP contribution in [0.1, 0.15) is 0 Å². The van der Waals surface area contributed by atoms with Crippen LogP contribution in [0, 0.1) is 8.78 Å². The third kappa shape index (κ3) is 1.85. The van der Waals surface area contributed by atoms with Crippen LogP contribution < -0.4 is 5.06 Å². The Morgan fingerprint density at radius 3 is 2.20 bits per heavy atom. The van der Waals surface area contributed by atoms with Crippen molar-refractivity contribution in [2.45, 2.75) is 0 Å². The Hall–Kier alpha value is -0.290. The van der Waals surface area contributed by atoms with Crippen LogP contribution in [0.15, 0.2) is 24.3 Å². The van der Waals surface area contributed by atoms with E-state index in [0.717, 1.165) is 8.63 Å². The molecular formula is C7H7INO-. The standard InChI is InChI=1S/C7H7INO/c1-9(10)7-4-2-6(8)3-5-7/h2-5H,1H3/q-1. The summed E-state index contributed by atoms with van der Waals surface area (Å²) >= 11 is 2.20. The first kappa shape index (κ1) is 7.81. The molecule has 0 aromatic heterocycles. The van der Waals surface area contributed by atoms with Gasteiger partial charge in [0.15, 0.2) is 0 Å². The van der Waals surface area contributed by atoms with E-state index in [1.165, 1.54) is 7.05 Å². The van der Waals surface area contributed by atoms with Crippen LogP contribution in [0.25, 0.3) is 0 Å². The molecule has 0 unspecified atom stereocenters. The van der Waals surface area contributed by atoms with Crippen LogP contribution in [0.2, 0.25) is 0 Å². The second-order valence-corrected chi connectivity index (χ2v) is 3.22. The van der Waals surface area contributed by atoms with E-state index in [0.29, 0.717) is 5.69 Å². The van der Waals surface area contributed by atoms with E-state index < -0.39 is 0 Å². The Balaban J connectivity index is 2.89. The van der Waals surface area contributed by atoms with Crippen LogP contribution in [0.5, 0.6) is 0 Å². The van der Waals surface area contributed by atoms with E-state index in [-0.39, 0.29) is 0 Å². The van der Waals surface area contributed by atoms with Crippen LogP contribution in [0.4, 0.5) is 5.69 Å². The number of hydroxylamine groups is 1. The number of nitrogens with zero attached hydrogens (tertiary/aromatic N) is 1. The second-order valence-electron chi connectivity index (χ2n) is 1.97. The summed E-state index contributed by atoms with van der Waals surface area (Å²) < 4.78 is 1.14. The number of hydrogen-bond donors (Lipinski definition) is 0. The van der Waals surface area contributed by atoms with Gasteiger partial charge in [0.2, 0.25) is 0 Å². The lowest BCUT2D eigenvalue weighted by Crippen LogP contribution is -2.04. The first-order valence-corrected chi connectivity index (χ1v) is 3.94. The van der Waals surface area contributed by atoms with E-state index in [1.807, 2.05) is 12.1 Å². The Labute approximate surface area is 73.6 Å². The zero-order chi connectivity index (χ0) is 7.56. The van der Waals surface area contributed by atoms with Crippen molar-refractivity contribution < 1.29 is 0 Å². The average molecular weight is 248 g/mol. The van der Waals surface area contributed by atoms with Gasteiger partial charge in [0.1, 0.15) is 0 Å². The largest absolute Gasteiger partial charge is 0.758 e. The van der Waals surface area contributed by atoms with Crippen LogP contribution in [-0.4, -0.2) is 7.05 Å². The predicted molar refractivity (Wildman–Crippen MR) is 50.9 cm³/mol. The number of anilines is 1. The molecule has 0 amide bonds. The summed E-state index contributed by atoms with van der Waals surface area (Å²) in [6.45, 7) is 0. The summed E-state index contributed by atoms with van der Waals surface area (Å²) in [5, 5.41) is 11.5. The van der Waals surface area contributed by atoms with Crippen LogP contribution >= 0.6 is 22.6 Å². The molecule has 54 valence electrons. The third-order valence-electron chi connectivity index (χ3n) is 1.19. The molecule has 10 heavy (non-hydrogen) atoms. The molecule has 1 aromatic carbocycles. The van der Waals surface area contributed by atoms with E-state index >= 15 is 0 Å². The van der Waals surface area contributed by atoms with Crippen molar-refractivity contribution in [3.05, 3.63) is 33.0 Å². The van der Waals surface area contributed by atoms with E-state index in [4.69, 9.17) is 0 Å². The Morgan fingerprint density at radius 2 is 1.80 bits per heavy atom. The number of rotatable bonds is 1. The first-order chi connectivity index (χ1) is 4.70. The zero-order valence-corrected chi connectivity index (χ0v) is 7.70. The van der Waals surface area contributed by atoms with E-state index in [1.54, 1.807) is 12.1 Å². The van der Waals surface area contributed by atoms with E-state index in [9.17, 15) is 5.21 Å². The van der Waals surface area contributed by atoms with Crippen molar-refractivity contribution in [1.29, 1.82) is 0 Å². The highest BCUT2D eigenvalue weighted by Gasteiger charge is 1.87. The molecule has 3 heteroatoms. The molecule has 0 saturated heterocycles. The molecule has 0 aliphatic rings. The van der Waals surface area contributed by atoms with Gasteiger partial charge in [-0.3, -0.25) is 0 Å². The Bertz CT molecular complexity index is 207. The fourth-order valence-corrected chi connectivity index (χ4v) is 1.01. The quantitative estimate of drug-likeness (QED) is 0.562. The van der Waals surface area contributed by atoms with Crippen molar-refractivity contribution in [2.75, 3.05) is 12.1 Å². The summed E-state index contributed by atoms with van der Waals surface area (Å²) in [4.78, 5) is 0. The van der Waals surface area contributed by atoms with Crippen molar-refractivity contribution in [3.63, 3.8) is 0 Å². The van der Waals surface area contributed by atoms with Gasteiger partial charge in [0, 0.05) is 9.26 Å². The van der Waals surface area contributed by atoms with Gasteiger partial charge in [-0.1, -0.05) is 0 Å². The molecule has 0 N–H and O–H groups in total. The summed E-state index contributed by atoms with van der Waals surface area (Å²) in [5.74, 6) is 0. The molecule has 0 aliphatic heterocycles. The minimum atomic E-state index is 0.695. The molecule has 0 heterocycles. The lowest BCUT2D eigenvalue weighted by Gasteiger charge is -2.24.